The summed E-state index contributed by atoms with van der Waals surface area (Å²) in [4.78, 5) is 0. The molecule has 3 atom stereocenters. The number of hydrogen-bond donors (Lipinski definition) is 1. The molecule has 0 radical (unpaired) electrons. The average molecular weight is 309 g/mol. The summed E-state index contributed by atoms with van der Waals surface area (Å²) in [7, 11) is 1.70. The largest absolute Gasteiger partial charge is 0.495 e. The van der Waals surface area contributed by atoms with E-state index in [1.807, 2.05) is 18.2 Å². The lowest BCUT2D eigenvalue weighted by Crippen LogP contribution is -2.30. The Bertz CT molecular complexity index is 766. The monoisotopic (exact) mass is 309 g/mol. The van der Waals surface area contributed by atoms with Gasteiger partial charge in [-0.05, 0) is 54.2 Å². The number of anilines is 1. The van der Waals surface area contributed by atoms with Gasteiger partial charge in [0.1, 0.15) is 11.6 Å². The van der Waals surface area contributed by atoms with Gasteiger partial charge in [0.25, 0.3) is 0 Å². The van der Waals surface area contributed by atoms with Gasteiger partial charge in [-0.1, -0.05) is 30.4 Å². The second-order valence-electron chi connectivity index (χ2n) is 6.40. The number of benzene rings is 2. The fourth-order valence-electron chi connectivity index (χ4n) is 4.04. The van der Waals surface area contributed by atoms with Crippen LogP contribution in [0, 0.1) is 18.7 Å². The van der Waals surface area contributed by atoms with Gasteiger partial charge in [0.2, 0.25) is 0 Å². The third-order valence-corrected chi connectivity index (χ3v) is 5.15. The van der Waals surface area contributed by atoms with E-state index in [4.69, 9.17) is 4.74 Å². The van der Waals surface area contributed by atoms with E-state index in [-0.39, 0.29) is 11.9 Å². The highest BCUT2D eigenvalue weighted by Crippen LogP contribution is 2.53. The van der Waals surface area contributed by atoms with E-state index in [1.54, 1.807) is 7.11 Å². The molecule has 0 saturated heterocycles. The minimum absolute atomic E-state index is 0.166. The Kier molecular flexibility index (Phi) is 3.37. The Balaban J connectivity index is 1.84. The van der Waals surface area contributed by atoms with E-state index < -0.39 is 0 Å². The van der Waals surface area contributed by atoms with Gasteiger partial charge >= 0.3 is 0 Å². The summed E-state index contributed by atoms with van der Waals surface area (Å²) < 4.78 is 18.9. The highest BCUT2D eigenvalue weighted by Gasteiger charge is 2.39. The quantitative estimate of drug-likeness (QED) is 0.791. The summed E-state index contributed by atoms with van der Waals surface area (Å²) in [5.74, 6) is 1.52. The first-order chi connectivity index (χ1) is 11.2. The van der Waals surface area contributed by atoms with Crippen molar-refractivity contribution in [2.75, 3.05) is 12.4 Å². The van der Waals surface area contributed by atoms with E-state index in [0.29, 0.717) is 11.8 Å². The number of allylic oxidation sites excluding steroid dienone is 2. The van der Waals surface area contributed by atoms with Gasteiger partial charge in [-0.2, -0.15) is 0 Å². The molecule has 1 aliphatic heterocycles. The zero-order valence-electron chi connectivity index (χ0n) is 13.3. The lowest BCUT2D eigenvalue weighted by molar-refractivity contribution is 0.396. The molecule has 0 amide bonds. The van der Waals surface area contributed by atoms with Crippen molar-refractivity contribution in [1.29, 1.82) is 0 Å². The van der Waals surface area contributed by atoms with Crippen LogP contribution in [-0.2, 0) is 0 Å². The maximum atomic E-state index is 13.3. The van der Waals surface area contributed by atoms with Crippen molar-refractivity contribution in [3.63, 3.8) is 0 Å². The van der Waals surface area contributed by atoms with E-state index in [2.05, 4.69) is 30.5 Å². The third-order valence-electron chi connectivity index (χ3n) is 5.15. The first-order valence-electron chi connectivity index (χ1n) is 8.05. The van der Waals surface area contributed by atoms with Crippen molar-refractivity contribution in [2.24, 2.45) is 5.92 Å². The predicted molar refractivity (Wildman–Crippen MR) is 90.5 cm³/mol. The summed E-state index contributed by atoms with van der Waals surface area (Å²) in [6.07, 6.45) is 5.62. The molecule has 4 rings (SSSR count). The Morgan fingerprint density at radius 1 is 1.13 bits per heavy atom. The zero-order chi connectivity index (χ0) is 16.0. The second kappa shape index (κ2) is 5.41. The van der Waals surface area contributed by atoms with Crippen molar-refractivity contribution in [3.8, 4) is 5.75 Å². The van der Waals surface area contributed by atoms with Gasteiger partial charge in [-0.3, -0.25) is 0 Å². The Morgan fingerprint density at radius 2 is 1.91 bits per heavy atom. The lowest BCUT2D eigenvalue weighted by atomic mass is 9.75. The van der Waals surface area contributed by atoms with Crippen LogP contribution in [0.1, 0.15) is 35.1 Å². The normalized spacial score (nSPS) is 24.7. The van der Waals surface area contributed by atoms with Crippen LogP contribution < -0.4 is 10.1 Å². The minimum Gasteiger partial charge on any atom is -0.495 e. The lowest BCUT2D eigenvalue weighted by Gasteiger charge is -2.39. The number of methoxy groups -OCH3 is 1. The molecule has 118 valence electrons. The zero-order valence-corrected chi connectivity index (χ0v) is 13.3. The van der Waals surface area contributed by atoms with Crippen LogP contribution in [0.3, 0.4) is 0 Å². The highest BCUT2D eigenvalue weighted by molar-refractivity contribution is 5.69. The van der Waals surface area contributed by atoms with Gasteiger partial charge in [0.15, 0.2) is 0 Å². The molecular formula is C20H20FNO. The fourth-order valence-corrected chi connectivity index (χ4v) is 4.04. The van der Waals surface area contributed by atoms with Crippen molar-refractivity contribution in [3.05, 3.63) is 71.1 Å². The van der Waals surface area contributed by atoms with Crippen molar-refractivity contribution >= 4 is 5.69 Å². The van der Waals surface area contributed by atoms with E-state index in [1.165, 1.54) is 23.3 Å². The van der Waals surface area contributed by atoms with E-state index >= 15 is 0 Å². The summed E-state index contributed by atoms with van der Waals surface area (Å²) in [5.41, 5.74) is 4.82. The smallest absolute Gasteiger partial charge is 0.142 e. The fraction of sp³-hybridized carbons (Fsp3) is 0.300. The highest BCUT2D eigenvalue weighted by atomic mass is 19.1. The standard InChI is InChI=1S/C20H20FNO/c1-12-6-11-17(23-2)20-18(12)15-4-3-5-16(15)19(22-20)13-7-9-14(21)10-8-13/h3-4,6-11,15-16,19,22H,5H2,1-2H3/t15-,16-,19+/m0/s1. The van der Waals surface area contributed by atoms with Crippen LogP contribution in [-0.4, -0.2) is 7.11 Å². The molecule has 1 aliphatic carbocycles. The summed E-state index contributed by atoms with van der Waals surface area (Å²) in [6.45, 7) is 2.15. The molecular weight excluding hydrogens is 289 g/mol. The molecule has 0 unspecified atom stereocenters. The molecule has 0 spiro atoms. The molecule has 1 N–H and O–H groups in total. The van der Waals surface area contributed by atoms with Crippen molar-refractivity contribution in [2.45, 2.75) is 25.3 Å². The number of nitrogens with one attached hydrogen (secondary N) is 1. The number of halogens is 1. The van der Waals surface area contributed by atoms with Crippen molar-refractivity contribution in [1.82, 2.24) is 0 Å². The Hall–Kier alpha value is -2.29. The van der Waals surface area contributed by atoms with Gasteiger partial charge in [-0.25, -0.2) is 4.39 Å². The van der Waals surface area contributed by atoms with Gasteiger partial charge < -0.3 is 10.1 Å². The molecule has 3 heteroatoms. The van der Waals surface area contributed by atoms with Crippen LogP contribution in [0.5, 0.6) is 5.75 Å². The molecule has 2 aromatic carbocycles. The molecule has 0 aromatic heterocycles. The number of ether oxygens (including phenoxy) is 1. The maximum Gasteiger partial charge on any atom is 0.142 e. The minimum atomic E-state index is -0.195. The summed E-state index contributed by atoms with van der Waals surface area (Å²) in [5, 5.41) is 3.68. The molecule has 0 bridgehead atoms. The van der Waals surface area contributed by atoms with E-state index in [9.17, 15) is 4.39 Å². The topological polar surface area (TPSA) is 21.3 Å². The molecule has 2 nitrogen and oxygen atoms in total. The summed E-state index contributed by atoms with van der Waals surface area (Å²) >= 11 is 0. The molecule has 2 aliphatic rings. The second-order valence-corrected chi connectivity index (χ2v) is 6.40. The summed E-state index contributed by atoms with van der Waals surface area (Å²) in [6, 6.07) is 11.2. The third kappa shape index (κ3) is 2.23. The molecule has 0 saturated carbocycles. The number of aryl methyl sites for hydroxylation is 1. The SMILES string of the molecule is COc1ccc(C)c2c1N[C@H](c1ccc(F)cc1)[C@H]1CC=C[C@H]21. The Morgan fingerprint density at radius 3 is 2.65 bits per heavy atom. The predicted octanol–water partition coefficient (Wildman–Crippen LogP) is 4.97. The van der Waals surface area contributed by atoms with Crippen LogP contribution in [0.15, 0.2) is 48.6 Å². The van der Waals surface area contributed by atoms with Crippen LogP contribution in [0.2, 0.25) is 0 Å². The first kappa shape index (κ1) is 14.3. The van der Waals surface area contributed by atoms with Crippen molar-refractivity contribution < 1.29 is 9.13 Å². The first-order valence-corrected chi connectivity index (χ1v) is 8.05. The van der Waals surface area contributed by atoms with Crippen LogP contribution >= 0.6 is 0 Å². The average Bonchev–Trinajstić information content (AvgIpc) is 3.04. The van der Waals surface area contributed by atoms with Gasteiger partial charge in [-0.15, -0.1) is 0 Å². The molecule has 0 fully saturated rings. The Labute approximate surface area is 136 Å². The molecule has 1 heterocycles. The van der Waals surface area contributed by atoms with Crippen LogP contribution in [0.25, 0.3) is 0 Å². The number of rotatable bonds is 2. The van der Waals surface area contributed by atoms with Crippen LogP contribution in [0.4, 0.5) is 10.1 Å². The van der Waals surface area contributed by atoms with Gasteiger partial charge in [0, 0.05) is 5.92 Å². The number of fused-ring (bicyclic) bond motifs is 3. The maximum absolute atomic E-state index is 13.3. The van der Waals surface area contributed by atoms with E-state index in [0.717, 1.165) is 23.4 Å². The number of hydrogen-bond acceptors (Lipinski definition) is 2. The van der Waals surface area contributed by atoms with Gasteiger partial charge in [0.05, 0.1) is 18.8 Å². The molecule has 2 aromatic rings. The molecule has 23 heavy (non-hydrogen) atoms.